The number of benzene rings is 2. The fraction of sp³-hybridized carbons (Fsp3) is 0.375. The summed E-state index contributed by atoms with van der Waals surface area (Å²) in [6.07, 6.45) is 1.29. The first kappa shape index (κ1) is 15.0. The molecule has 2 aromatic carbocycles. The van der Waals surface area contributed by atoms with Gasteiger partial charge in [-0.1, -0.05) is 36.4 Å². The lowest BCUT2D eigenvalue weighted by molar-refractivity contribution is 0.446. The summed E-state index contributed by atoms with van der Waals surface area (Å²) in [5.41, 5.74) is 0.988. The van der Waals surface area contributed by atoms with Crippen molar-refractivity contribution in [2.75, 3.05) is 13.3 Å². The maximum Gasteiger partial charge on any atom is 0.154 e. The van der Waals surface area contributed by atoms with Crippen LogP contribution in [0.2, 0.25) is 0 Å². The third kappa shape index (κ3) is 2.58. The van der Waals surface area contributed by atoms with Gasteiger partial charge >= 0.3 is 0 Å². The molecule has 0 saturated heterocycles. The lowest BCUT2D eigenvalue weighted by Gasteiger charge is -2.33. The molecule has 3 nitrogen and oxygen atoms in total. The first-order valence-electron chi connectivity index (χ1n) is 6.63. The zero-order valence-electron chi connectivity index (χ0n) is 12.3. The van der Waals surface area contributed by atoms with Crippen molar-refractivity contribution in [2.24, 2.45) is 0 Å². The van der Waals surface area contributed by atoms with Crippen LogP contribution in [-0.2, 0) is 9.84 Å². The third-order valence-corrected chi connectivity index (χ3v) is 6.19. The zero-order chi connectivity index (χ0) is 15.0. The predicted molar refractivity (Wildman–Crippen MR) is 84.7 cm³/mol. The molecule has 0 aliphatic heterocycles. The van der Waals surface area contributed by atoms with Crippen molar-refractivity contribution in [3.8, 4) is 0 Å². The molecule has 0 aliphatic carbocycles. The average Bonchev–Trinajstić information content (AvgIpc) is 2.38. The van der Waals surface area contributed by atoms with Crippen LogP contribution in [0.25, 0.3) is 10.8 Å². The van der Waals surface area contributed by atoms with E-state index < -0.39 is 14.6 Å². The van der Waals surface area contributed by atoms with Crippen molar-refractivity contribution in [3.05, 3.63) is 48.0 Å². The molecule has 1 unspecified atom stereocenters. The number of rotatable bonds is 4. The standard InChI is InChI=1S/C16H21NO2S/c1-16(2,20(4,18)19)15(17-3)14-10-9-12-7-5-6-8-13(12)11-14/h5-11,15,17H,1-4H3. The molecule has 0 radical (unpaired) electrons. The van der Waals surface area contributed by atoms with Crippen LogP contribution in [0.3, 0.4) is 0 Å². The average molecular weight is 291 g/mol. The molecular weight excluding hydrogens is 270 g/mol. The highest BCUT2D eigenvalue weighted by atomic mass is 32.2. The molecule has 2 aromatic rings. The van der Waals surface area contributed by atoms with E-state index in [4.69, 9.17) is 0 Å². The highest BCUT2D eigenvalue weighted by Crippen LogP contribution is 2.33. The monoisotopic (exact) mass is 291 g/mol. The van der Waals surface area contributed by atoms with E-state index in [0.717, 1.165) is 16.3 Å². The van der Waals surface area contributed by atoms with E-state index >= 15 is 0 Å². The fourth-order valence-electron chi connectivity index (χ4n) is 2.52. The van der Waals surface area contributed by atoms with Crippen LogP contribution in [0.5, 0.6) is 0 Å². The Bertz CT molecular complexity index is 720. The molecule has 108 valence electrons. The van der Waals surface area contributed by atoms with E-state index in [2.05, 4.69) is 17.4 Å². The minimum absolute atomic E-state index is 0.248. The van der Waals surface area contributed by atoms with Gasteiger partial charge in [-0.3, -0.25) is 0 Å². The van der Waals surface area contributed by atoms with Crippen molar-refractivity contribution >= 4 is 20.6 Å². The Morgan fingerprint density at radius 3 is 2.20 bits per heavy atom. The van der Waals surface area contributed by atoms with Gasteiger partial charge in [-0.25, -0.2) is 8.42 Å². The van der Waals surface area contributed by atoms with Gasteiger partial charge in [0.15, 0.2) is 9.84 Å². The Labute approximate surface area is 120 Å². The Kier molecular flexibility index (Phi) is 3.89. The normalized spacial score (nSPS) is 14.4. The van der Waals surface area contributed by atoms with Crippen LogP contribution in [-0.4, -0.2) is 26.5 Å². The molecule has 0 fully saturated rings. The Morgan fingerprint density at radius 1 is 1.05 bits per heavy atom. The SMILES string of the molecule is CNC(c1ccc2ccccc2c1)C(C)(C)S(C)(=O)=O. The van der Waals surface area contributed by atoms with Crippen LogP contribution >= 0.6 is 0 Å². The second kappa shape index (κ2) is 5.19. The topological polar surface area (TPSA) is 46.2 Å². The summed E-state index contributed by atoms with van der Waals surface area (Å²) in [5, 5.41) is 5.43. The fourth-order valence-corrected chi connectivity index (χ4v) is 3.20. The van der Waals surface area contributed by atoms with Crippen molar-refractivity contribution in [3.63, 3.8) is 0 Å². The van der Waals surface area contributed by atoms with Crippen LogP contribution < -0.4 is 5.32 Å². The summed E-state index contributed by atoms with van der Waals surface area (Å²) in [4.78, 5) is 0. The molecule has 0 spiro atoms. The van der Waals surface area contributed by atoms with Gasteiger partial charge in [0.05, 0.1) is 10.8 Å². The smallest absolute Gasteiger partial charge is 0.154 e. The largest absolute Gasteiger partial charge is 0.312 e. The van der Waals surface area contributed by atoms with Crippen molar-refractivity contribution in [1.29, 1.82) is 0 Å². The Morgan fingerprint density at radius 2 is 1.65 bits per heavy atom. The van der Waals surface area contributed by atoms with Crippen molar-refractivity contribution in [2.45, 2.75) is 24.6 Å². The number of hydrogen-bond acceptors (Lipinski definition) is 3. The minimum atomic E-state index is -3.18. The van der Waals surface area contributed by atoms with Gasteiger partial charge < -0.3 is 5.32 Å². The molecule has 0 amide bonds. The third-order valence-electron chi connectivity index (χ3n) is 4.05. The summed E-state index contributed by atoms with van der Waals surface area (Å²) < 4.78 is 23.2. The van der Waals surface area contributed by atoms with E-state index in [-0.39, 0.29) is 6.04 Å². The molecular formula is C16H21NO2S. The van der Waals surface area contributed by atoms with Gasteiger partial charge in [-0.2, -0.15) is 0 Å². The quantitative estimate of drug-likeness (QED) is 0.942. The molecule has 0 aromatic heterocycles. The first-order valence-corrected chi connectivity index (χ1v) is 8.52. The van der Waals surface area contributed by atoms with Crippen LogP contribution in [0.15, 0.2) is 42.5 Å². The Balaban J connectivity index is 2.55. The van der Waals surface area contributed by atoms with Crippen LogP contribution in [0, 0.1) is 0 Å². The summed E-state index contributed by atoms with van der Waals surface area (Å²) in [5.74, 6) is 0. The molecule has 20 heavy (non-hydrogen) atoms. The maximum atomic E-state index is 12.1. The minimum Gasteiger partial charge on any atom is -0.312 e. The van der Waals surface area contributed by atoms with Crippen LogP contribution in [0.4, 0.5) is 0 Å². The molecule has 0 heterocycles. The highest BCUT2D eigenvalue weighted by Gasteiger charge is 2.39. The molecule has 2 rings (SSSR count). The zero-order valence-corrected chi connectivity index (χ0v) is 13.2. The number of nitrogens with one attached hydrogen (secondary N) is 1. The van der Waals surface area contributed by atoms with Crippen molar-refractivity contribution in [1.82, 2.24) is 5.32 Å². The molecule has 4 heteroatoms. The number of sulfone groups is 1. The number of hydrogen-bond donors (Lipinski definition) is 1. The van der Waals surface area contributed by atoms with Crippen molar-refractivity contribution < 1.29 is 8.42 Å². The van der Waals surface area contributed by atoms with Gasteiger partial charge in [-0.05, 0) is 43.3 Å². The lowest BCUT2D eigenvalue weighted by Crippen LogP contribution is -2.43. The Hall–Kier alpha value is -1.39. The summed E-state index contributed by atoms with van der Waals surface area (Å²) >= 11 is 0. The van der Waals surface area contributed by atoms with Gasteiger partial charge in [-0.15, -0.1) is 0 Å². The summed E-state index contributed by atoms with van der Waals surface area (Å²) in [6, 6.07) is 13.9. The van der Waals surface area contributed by atoms with Gasteiger partial charge in [0, 0.05) is 6.26 Å². The second-order valence-corrected chi connectivity index (χ2v) is 8.30. The van der Waals surface area contributed by atoms with Gasteiger partial charge in [0.2, 0.25) is 0 Å². The molecule has 1 N–H and O–H groups in total. The van der Waals surface area contributed by atoms with E-state index in [1.165, 1.54) is 6.26 Å². The molecule has 0 aliphatic rings. The first-order chi connectivity index (χ1) is 9.27. The van der Waals surface area contributed by atoms with Crippen LogP contribution in [0.1, 0.15) is 25.5 Å². The van der Waals surface area contributed by atoms with E-state index in [1.54, 1.807) is 20.9 Å². The maximum absolute atomic E-state index is 12.1. The van der Waals surface area contributed by atoms with E-state index in [0.29, 0.717) is 0 Å². The molecule has 0 bridgehead atoms. The van der Waals surface area contributed by atoms with E-state index in [9.17, 15) is 8.42 Å². The highest BCUT2D eigenvalue weighted by molar-refractivity contribution is 7.92. The molecule has 0 saturated carbocycles. The summed E-state index contributed by atoms with van der Waals surface area (Å²) in [7, 11) is -1.38. The van der Waals surface area contributed by atoms with Gasteiger partial charge in [0.1, 0.15) is 0 Å². The summed E-state index contributed by atoms with van der Waals surface area (Å²) in [6.45, 7) is 3.53. The number of fused-ring (bicyclic) bond motifs is 1. The second-order valence-electron chi connectivity index (χ2n) is 5.70. The van der Waals surface area contributed by atoms with Gasteiger partial charge in [0.25, 0.3) is 0 Å². The molecule has 1 atom stereocenters. The predicted octanol–water partition coefficient (Wildman–Crippen LogP) is 2.92. The lowest BCUT2D eigenvalue weighted by atomic mass is 9.93. The van der Waals surface area contributed by atoms with E-state index in [1.807, 2.05) is 30.3 Å².